The average Bonchev–Trinajstić information content (AvgIpc) is 2.61. The molecule has 140 valence electrons. The molecule has 0 bridgehead atoms. The molecule has 0 amide bonds. The molecule has 0 radical (unpaired) electrons. The summed E-state index contributed by atoms with van der Waals surface area (Å²) in [5, 5.41) is 2.79. The molecule has 0 spiro atoms. The van der Waals surface area contributed by atoms with Crippen LogP contribution in [0.4, 0.5) is 30.4 Å². The van der Waals surface area contributed by atoms with Gasteiger partial charge in [0.05, 0.1) is 16.3 Å². The first-order valence-electron chi connectivity index (χ1n) is 7.73. The highest BCUT2D eigenvalue weighted by Gasteiger charge is 2.31. The maximum absolute atomic E-state index is 12.9. The Hall–Kier alpha value is -3.00. The number of hydrogen-bond acceptors (Lipinski definition) is 5. The Morgan fingerprint density at radius 2 is 1.78 bits per heavy atom. The summed E-state index contributed by atoms with van der Waals surface area (Å²) in [5.74, 6) is 0.654. The number of nitrogens with two attached hydrogens (primary N) is 1. The summed E-state index contributed by atoms with van der Waals surface area (Å²) in [4.78, 5) is 7.92. The fraction of sp³-hybridized carbons (Fsp3) is 0.111. The molecule has 0 unspecified atom stereocenters. The summed E-state index contributed by atoms with van der Waals surface area (Å²) in [5.41, 5.74) is 6.26. The maximum atomic E-state index is 12.9. The Labute approximate surface area is 158 Å². The number of aromatic nitrogens is 2. The zero-order valence-corrected chi connectivity index (χ0v) is 14.8. The molecule has 3 N–H and O–H groups in total. The molecule has 0 fully saturated rings. The van der Waals surface area contributed by atoms with E-state index >= 15 is 0 Å². The molecule has 5 nitrogen and oxygen atoms in total. The maximum Gasteiger partial charge on any atom is 0.416 e. The number of benzene rings is 2. The van der Waals surface area contributed by atoms with Gasteiger partial charge in [0.15, 0.2) is 5.82 Å². The van der Waals surface area contributed by atoms with Gasteiger partial charge in [-0.25, -0.2) is 4.98 Å². The number of anilines is 3. The second-order valence-corrected chi connectivity index (χ2v) is 6.08. The average molecular weight is 395 g/mol. The minimum Gasteiger partial charge on any atom is -0.437 e. The van der Waals surface area contributed by atoms with Crippen LogP contribution in [0, 0.1) is 6.92 Å². The number of alkyl halides is 3. The number of aryl methyl sites for hydroxylation is 1. The van der Waals surface area contributed by atoms with Crippen LogP contribution in [0.5, 0.6) is 11.6 Å². The van der Waals surface area contributed by atoms with Crippen LogP contribution in [0.3, 0.4) is 0 Å². The number of ether oxygens (including phenoxy) is 1. The third-order valence-corrected chi connectivity index (χ3v) is 3.96. The zero-order valence-electron chi connectivity index (χ0n) is 14.0. The Bertz CT molecular complexity index is 962. The van der Waals surface area contributed by atoms with Crippen LogP contribution in [-0.2, 0) is 6.18 Å². The lowest BCUT2D eigenvalue weighted by atomic mass is 10.2. The van der Waals surface area contributed by atoms with E-state index < -0.39 is 11.7 Å². The molecule has 3 aromatic rings. The molecule has 27 heavy (non-hydrogen) atoms. The first kappa shape index (κ1) is 18.8. The van der Waals surface area contributed by atoms with Crippen molar-refractivity contribution in [2.24, 2.45) is 0 Å². The standard InChI is InChI=1S/C18H14ClF3N4O/c1-10-2-5-12(6-3-10)27-17-15(23)16(24-9-25-17)26-14-8-11(18(20,21)22)4-7-13(14)19/h2-9H,23H2,1H3,(H,24,25,26). The number of rotatable bonds is 4. The smallest absolute Gasteiger partial charge is 0.416 e. The molecule has 9 heteroatoms. The first-order chi connectivity index (χ1) is 12.7. The summed E-state index contributed by atoms with van der Waals surface area (Å²) < 4.78 is 44.4. The molecule has 0 saturated heterocycles. The van der Waals surface area contributed by atoms with E-state index in [1.807, 2.05) is 19.1 Å². The van der Waals surface area contributed by atoms with Crippen molar-refractivity contribution >= 4 is 28.8 Å². The molecule has 1 heterocycles. The molecule has 0 saturated carbocycles. The van der Waals surface area contributed by atoms with Gasteiger partial charge in [-0.1, -0.05) is 29.3 Å². The minimum absolute atomic E-state index is 0.0122. The molecule has 1 aromatic heterocycles. The lowest BCUT2D eigenvalue weighted by Gasteiger charge is -2.14. The van der Waals surface area contributed by atoms with Gasteiger partial charge in [0.25, 0.3) is 0 Å². The fourth-order valence-corrected chi connectivity index (χ4v) is 2.37. The van der Waals surface area contributed by atoms with Crippen molar-refractivity contribution in [2.45, 2.75) is 13.1 Å². The van der Waals surface area contributed by atoms with Crippen molar-refractivity contribution in [2.75, 3.05) is 11.1 Å². The van der Waals surface area contributed by atoms with Crippen molar-refractivity contribution in [1.82, 2.24) is 9.97 Å². The van der Waals surface area contributed by atoms with Crippen molar-refractivity contribution < 1.29 is 17.9 Å². The van der Waals surface area contributed by atoms with Crippen LogP contribution in [0.15, 0.2) is 48.8 Å². The predicted octanol–water partition coefficient (Wildman–Crippen LogP) is 5.58. The van der Waals surface area contributed by atoms with Gasteiger partial charge in [0.1, 0.15) is 17.8 Å². The van der Waals surface area contributed by atoms with E-state index in [4.69, 9.17) is 22.1 Å². The van der Waals surface area contributed by atoms with Gasteiger partial charge in [-0.05, 0) is 37.3 Å². The van der Waals surface area contributed by atoms with Crippen LogP contribution in [-0.4, -0.2) is 9.97 Å². The van der Waals surface area contributed by atoms with Gasteiger partial charge in [-0.2, -0.15) is 18.2 Å². The monoisotopic (exact) mass is 394 g/mol. The third-order valence-electron chi connectivity index (χ3n) is 3.63. The van der Waals surface area contributed by atoms with E-state index in [0.29, 0.717) is 5.75 Å². The summed E-state index contributed by atoms with van der Waals surface area (Å²) in [6.45, 7) is 1.93. The fourth-order valence-electron chi connectivity index (χ4n) is 2.20. The van der Waals surface area contributed by atoms with Crippen molar-refractivity contribution in [3.05, 3.63) is 64.9 Å². The largest absolute Gasteiger partial charge is 0.437 e. The Kier molecular flexibility index (Phi) is 5.09. The first-order valence-corrected chi connectivity index (χ1v) is 8.10. The topological polar surface area (TPSA) is 73.1 Å². The third kappa shape index (κ3) is 4.40. The van der Waals surface area contributed by atoms with E-state index in [2.05, 4.69) is 15.3 Å². The van der Waals surface area contributed by atoms with Crippen molar-refractivity contribution in [3.8, 4) is 11.6 Å². The van der Waals surface area contributed by atoms with Crippen molar-refractivity contribution in [1.29, 1.82) is 0 Å². The molecule has 2 aromatic carbocycles. The molecule has 0 aliphatic heterocycles. The SMILES string of the molecule is Cc1ccc(Oc2ncnc(Nc3cc(C(F)(F)F)ccc3Cl)c2N)cc1. The van der Waals surface area contributed by atoms with Gasteiger partial charge in [0, 0.05) is 0 Å². The number of hydrogen-bond donors (Lipinski definition) is 2. The van der Waals surface area contributed by atoms with E-state index in [1.165, 1.54) is 6.33 Å². The second-order valence-electron chi connectivity index (χ2n) is 5.67. The van der Waals surface area contributed by atoms with Crippen LogP contribution in [0.1, 0.15) is 11.1 Å². The Morgan fingerprint density at radius 1 is 1.07 bits per heavy atom. The highest BCUT2D eigenvalue weighted by atomic mass is 35.5. The number of nitrogens with one attached hydrogen (secondary N) is 1. The van der Waals surface area contributed by atoms with E-state index in [-0.39, 0.29) is 28.1 Å². The predicted molar refractivity (Wildman–Crippen MR) is 97.4 cm³/mol. The quantitative estimate of drug-likeness (QED) is 0.604. The summed E-state index contributed by atoms with van der Waals surface area (Å²) in [6, 6.07) is 10.1. The van der Waals surface area contributed by atoms with E-state index in [0.717, 1.165) is 23.8 Å². The van der Waals surface area contributed by atoms with Gasteiger partial charge >= 0.3 is 6.18 Å². The van der Waals surface area contributed by atoms with E-state index in [1.54, 1.807) is 12.1 Å². The van der Waals surface area contributed by atoms with Crippen LogP contribution < -0.4 is 15.8 Å². The lowest BCUT2D eigenvalue weighted by Crippen LogP contribution is -2.07. The molecule has 0 aliphatic carbocycles. The summed E-state index contributed by atoms with van der Waals surface area (Å²) >= 11 is 5.99. The molecular formula is C18H14ClF3N4O. The zero-order chi connectivity index (χ0) is 19.6. The number of nitrogens with zero attached hydrogens (tertiary/aromatic N) is 2. The number of halogens is 4. The van der Waals surface area contributed by atoms with E-state index in [9.17, 15) is 13.2 Å². The van der Waals surface area contributed by atoms with Gasteiger partial charge in [-0.15, -0.1) is 0 Å². The summed E-state index contributed by atoms with van der Waals surface area (Å²) in [6.07, 6.45) is -3.32. The van der Waals surface area contributed by atoms with Gasteiger partial charge in [-0.3, -0.25) is 0 Å². The summed E-state index contributed by atoms with van der Waals surface area (Å²) in [7, 11) is 0. The molecular weight excluding hydrogens is 381 g/mol. The Morgan fingerprint density at radius 3 is 2.44 bits per heavy atom. The normalized spacial score (nSPS) is 11.3. The van der Waals surface area contributed by atoms with Gasteiger partial charge in [0.2, 0.25) is 5.88 Å². The second kappa shape index (κ2) is 7.32. The Balaban J connectivity index is 1.89. The van der Waals surface area contributed by atoms with Crippen LogP contribution in [0.25, 0.3) is 0 Å². The highest BCUT2D eigenvalue weighted by Crippen LogP contribution is 2.37. The van der Waals surface area contributed by atoms with Crippen molar-refractivity contribution in [3.63, 3.8) is 0 Å². The molecule has 3 rings (SSSR count). The van der Waals surface area contributed by atoms with Crippen LogP contribution >= 0.6 is 11.6 Å². The minimum atomic E-state index is -4.50. The molecule has 0 atom stereocenters. The number of nitrogen functional groups attached to an aromatic ring is 1. The van der Waals surface area contributed by atoms with Gasteiger partial charge < -0.3 is 15.8 Å². The highest BCUT2D eigenvalue weighted by molar-refractivity contribution is 6.33. The van der Waals surface area contributed by atoms with Crippen LogP contribution in [0.2, 0.25) is 5.02 Å². The lowest BCUT2D eigenvalue weighted by molar-refractivity contribution is -0.137. The molecule has 0 aliphatic rings.